The van der Waals surface area contributed by atoms with E-state index in [0.29, 0.717) is 24.3 Å². The highest BCUT2D eigenvalue weighted by Gasteiger charge is 2.10. The number of hydrogen-bond acceptors (Lipinski definition) is 4. The van der Waals surface area contributed by atoms with Crippen LogP contribution >= 0.6 is 0 Å². The number of rotatable bonds is 2. The first-order valence-electron chi connectivity index (χ1n) is 4.49. The lowest BCUT2D eigenvalue weighted by atomic mass is 10.5. The molecule has 0 spiro atoms. The fraction of sp³-hybridized carbons (Fsp3) is 0.375. The number of H-pyrrole nitrogens is 1. The zero-order chi connectivity index (χ0) is 11.0. The normalized spacial score (nSPS) is 11.1. The van der Waals surface area contributed by atoms with Gasteiger partial charge in [-0.2, -0.15) is 0 Å². The summed E-state index contributed by atoms with van der Waals surface area (Å²) in [5.41, 5.74) is 5.25. The molecule has 2 heterocycles. The molecule has 0 aromatic carbocycles. The number of nitrogens with one attached hydrogen (secondary N) is 1. The highest BCUT2D eigenvalue weighted by molar-refractivity contribution is 5.69. The van der Waals surface area contributed by atoms with Crippen molar-refractivity contribution in [2.45, 2.75) is 6.54 Å². The number of hydrogen-bond donors (Lipinski definition) is 2. The maximum absolute atomic E-state index is 11.5. The molecule has 0 aliphatic carbocycles. The summed E-state index contributed by atoms with van der Waals surface area (Å²) in [6, 6.07) is 0. The largest absolute Gasteiger partial charge is 0.329 e. The van der Waals surface area contributed by atoms with Crippen molar-refractivity contribution in [1.29, 1.82) is 0 Å². The van der Waals surface area contributed by atoms with E-state index in [2.05, 4.69) is 9.97 Å². The number of imidazole rings is 1. The van der Waals surface area contributed by atoms with Crippen LogP contribution in [-0.4, -0.2) is 25.6 Å². The molecule has 0 atom stereocenters. The Morgan fingerprint density at radius 2 is 2.27 bits per heavy atom. The number of nitrogens with two attached hydrogens (primary N) is 1. The number of aryl methyl sites for hydroxylation is 1. The van der Waals surface area contributed by atoms with Gasteiger partial charge in [-0.25, -0.2) is 9.78 Å². The number of aromatic nitrogens is 4. The lowest BCUT2D eigenvalue weighted by Gasteiger charge is -2.01. The quantitative estimate of drug-likeness (QED) is 0.621. The molecule has 0 fully saturated rings. The van der Waals surface area contributed by atoms with E-state index in [4.69, 9.17) is 5.73 Å². The lowest BCUT2D eigenvalue weighted by molar-refractivity contribution is 0.723. The van der Waals surface area contributed by atoms with Crippen molar-refractivity contribution in [3.63, 3.8) is 0 Å². The molecule has 0 aliphatic rings. The Balaban J connectivity index is 2.87. The SMILES string of the molecule is Cn1c(=O)[nH]c(=O)c2c1ncn2CCN. The Bertz CT molecular complexity index is 606. The van der Waals surface area contributed by atoms with Crippen molar-refractivity contribution >= 4 is 11.2 Å². The van der Waals surface area contributed by atoms with Gasteiger partial charge in [-0.3, -0.25) is 14.3 Å². The van der Waals surface area contributed by atoms with Gasteiger partial charge >= 0.3 is 5.69 Å². The van der Waals surface area contributed by atoms with Crippen molar-refractivity contribution < 1.29 is 0 Å². The van der Waals surface area contributed by atoms with Gasteiger partial charge in [-0.1, -0.05) is 0 Å². The zero-order valence-corrected chi connectivity index (χ0v) is 8.23. The van der Waals surface area contributed by atoms with Crippen molar-refractivity contribution in [3.05, 3.63) is 27.2 Å². The molecule has 0 unspecified atom stereocenters. The van der Waals surface area contributed by atoms with Crippen LogP contribution in [0.15, 0.2) is 15.9 Å². The van der Waals surface area contributed by atoms with E-state index in [0.717, 1.165) is 0 Å². The second kappa shape index (κ2) is 3.35. The summed E-state index contributed by atoms with van der Waals surface area (Å²) in [4.78, 5) is 29.0. The molecule has 0 aliphatic heterocycles. The average molecular weight is 209 g/mol. The molecule has 0 amide bonds. The summed E-state index contributed by atoms with van der Waals surface area (Å²) in [5, 5.41) is 0. The van der Waals surface area contributed by atoms with Gasteiger partial charge in [0.2, 0.25) is 0 Å². The van der Waals surface area contributed by atoms with Gasteiger partial charge in [-0.05, 0) is 0 Å². The summed E-state index contributed by atoms with van der Waals surface area (Å²) in [5.74, 6) is 0. The van der Waals surface area contributed by atoms with Gasteiger partial charge in [0, 0.05) is 20.1 Å². The van der Waals surface area contributed by atoms with Gasteiger partial charge in [0.1, 0.15) is 0 Å². The first-order valence-corrected chi connectivity index (χ1v) is 4.49. The fourth-order valence-corrected chi connectivity index (χ4v) is 1.49. The predicted molar refractivity (Wildman–Crippen MR) is 54.6 cm³/mol. The van der Waals surface area contributed by atoms with Crippen LogP contribution in [0, 0.1) is 0 Å². The summed E-state index contributed by atoms with van der Waals surface area (Å²) in [7, 11) is 1.56. The van der Waals surface area contributed by atoms with Crippen molar-refractivity contribution in [2.24, 2.45) is 12.8 Å². The predicted octanol–water partition coefficient (Wildman–Crippen LogP) is -1.62. The van der Waals surface area contributed by atoms with Crippen LogP contribution in [0.2, 0.25) is 0 Å². The van der Waals surface area contributed by atoms with Crippen LogP contribution in [0.5, 0.6) is 0 Å². The molecule has 0 radical (unpaired) electrons. The van der Waals surface area contributed by atoms with E-state index in [1.165, 1.54) is 10.9 Å². The van der Waals surface area contributed by atoms with Gasteiger partial charge < -0.3 is 10.3 Å². The molecular formula is C8H11N5O2. The van der Waals surface area contributed by atoms with Crippen LogP contribution in [0.4, 0.5) is 0 Å². The molecular weight excluding hydrogens is 198 g/mol. The summed E-state index contributed by atoms with van der Waals surface area (Å²) in [6.45, 7) is 0.908. The van der Waals surface area contributed by atoms with Gasteiger partial charge in [-0.15, -0.1) is 0 Å². The standard InChI is InChI=1S/C8H11N5O2/c1-12-6-5(7(14)11-8(12)15)13(3-2-9)4-10-6/h4H,2-3,9H2,1H3,(H,11,14,15). The van der Waals surface area contributed by atoms with Crippen LogP contribution < -0.4 is 17.0 Å². The van der Waals surface area contributed by atoms with E-state index < -0.39 is 11.2 Å². The maximum atomic E-state index is 11.5. The highest BCUT2D eigenvalue weighted by Crippen LogP contribution is 2.03. The molecule has 80 valence electrons. The molecule has 7 heteroatoms. The molecule has 2 rings (SSSR count). The third kappa shape index (κ3) is 1.37. The Kier molecular flexibility index (Phi) is 2.16. The number of fused-ring (bicyclic) bond motifs is 1. The first kappa shape index (κ1) is 9.66. The third-order valence-corrected chi connectivity index (χ3v) is 2.25. The molecule has 0 bridgehead atoms. The molecule has 15 heavy (non-hydrogen) atoms. The van der Waals surface area contributed by atoms with Crippen LogP contribution in [-0.2, 0) is 13.6 Å². The Hall–Kier alpha value is -1.89. The second-order valence-electron chi connectivity index (χ2n) is 3.22. The first-order chi connectivity index (χ1) is 7.15. The van der Waals surface area contributed by atoms with Crippen LogP contribution in [0.3, 0.4) is 0 Å². The molecule has 2 aromatic heterocycles. The zero-order valence-electron chi connectivity index (χ0n) is 8.23. The Labute approximate surface area is 84.2 Å². The Morgan fingerprint density at radius 3 is 2.93 bits per heavy atom. The molecule has 2 aromatic rings. The minimum atomic E-state index is -0.467. The number of aromatic amines is 1. The average Bonchev–Trinajstić information content (AvgIpc) is 2.59. The topological polar surface area (TPSA) is 98.7 Å². The minimum absolute atomic E-state index is 0.372. The van der Waals surface area contributed by atoms with Crippen LogP contribution in [0.25, 0.3) is 11.2 Å². The van der Waals surface area contributed by atoms with Gasteiger partial charge in [0.25, 0.3) is 5.56 Å². The van der Waals surface area contributed by atoms with Crippen molar-refractivity contribution in [2.75, 3.05) is 6.54 Å². The highest BCUT2D eigenvalue weighted by atomic mass is 16.2. The monoisotopic (exact) mass is 209 g/mol. The smallest absolute Gasteiger partial charge is 0.329 e. The van der Waals surface area contributed by atoms with Crippen molar-refractivity contribution in [1.82, 2.24) is 19.1 Å². The van der Waals surface area contributed by atoms with E-state index in [1.54, 1.807) is 11.6 Å². The van der Waals surface area contributed by atoms with E-state index in [1.807, 2.05) is 0 Å². The van der Waals surface area contributed by atoms with E-state index >= 15 is 0 Å². The summed E-state index contributed by atoms with van der Waals surface area (Å²) < 4.78 is 2.93. The van der Waals surface area contributed by atoms with Gasteiger partial charge in [0.05, 0.1) is 6.33 Å². The molecule has 0 saturated heterocycles. The van der Waals surface area contributed by atoms with E-state index in [9.17, 15) is 9.59 Å². The minimum Gasteiger partial charge on any atom is -0.329 e. The third-order valence-electron chi connectivity index (χ3n) is 2.25. The van der Waals surface area contributed by atoms with E-state index in [-0.39, 0.29) is 0 Å². The molecule has 3 N–H and O–H groups in total. The fourth-order valence-electron chi connectivity index (χ4n) is 1.49. The van der Waals surface area contributed by atoms with Gasteiger partial charge in [0.15, 0.2) is 11.2 Å². The molecule has 0 saturated carbocycles. The maximum Gasteiger partial charge on any atom is 0.329 e. The number of nitrogens with zero attached hydrogens (tertiary/aromatic N) is 3. The summed E-state index contributed by atoms with van der Waals surface area (Å²) >= 11 is 0. The second-order valence-corrected chi connectivity index (χ2v) is 3.22. The summed E-state index contributed by atoms with van der Waals surface area (Å²) in [6.07, 6.45) is 1.51. The molecule has 7 nitrogen and oxygen atoms in total. The van der Waals surface area contributed by atoms with Crippen LogP contribution in [0.1, 0.15) is 0 Å². The van der Waals surface area contributed by atoms with Crippen molar-refractivity contribution in [3.8, 4) is 0 Å². The lowest BCUT2D eigenvalue weighted by Crippen LogP contribution is -2.29. The Morgan fingerprint density at radius 1 is 1.53 bits per heavy atom.